The Morgan fingerprint density at radius 3 is 2.08 bits per heavy atom. The summed E-state index contributed by atoms with van der Waals surface area (Å²) >= 11 is 0. The molecular weight excluding hydrogens is 304 g/mol. The standard InChI is InChI=1S/C19H18N2O3/c22-17(20-12-10-14-6-2-1-3-7-14)11-13-21-18(23)15-8-4-5-9-16(15)19(21)24/h1-9H,10-13H2,(H,20,22). The third kappa shape index (κ3) is 3.35. The summed E-state index contributed by atoms with van der Waals surface area (Å²) in [6, 6.07) is 16.6. The van der Waals surface area contributed by atoms with Crippen LogP contribution >= 0.6 is 0 Å². The molecule has 5 heteroatoms. The minimum absolute atomic E-state index is 0.101. The fourth-order valence-electron chi connectivity index (χ4n) is 2.73. The van der Waals surface area contributed by atoms with E-state index in [4.69, 9.17) is 0 Å². The monoisotopic (exact) mass is 322 g/mol. The molecule has 0 saturated heterocycles. The van der Waals surface area contributed by atoms with Crippen molar-refractivity contribution in [3.8, 4) is 0 Å². The van der Waals surface area contributed by atoms with Crippen LogP contribution in [0, 0.1) is 0 Å². The van der Waals surface area contributed by atoms with Gasteiger partial charge in [0.15, 0.2) is 0 Å². The summed E-state index contributed by atoms with van der Waals surface area (Å²) < 4.78 is 0. The van der Waals surface area contributed by atoms with Gasteiger partial charge in [-0.25, -0.2) is 0 Å². The van der Waals surface area contributed by atoms with Gasteiger partial charge in [-0.3, -0.25) is 19.3 Å². The van der Waals surface area contributed by atoms with E-state index in [0.29, 0.717) is 17.7 Å². The number of nitrogens with zero attached hydrogens (tertiary/aromatic N) is 1. The average Bonchev–Trinajstić information content (AvgIpc) is 2.85. The highest BCUT2D eigenvalue weighted by atomic mass is 16.2. The summed E-state index contributed by atoms with van der Waals surface area (Å²) in [6.45, 7) is 0.633. The Balaban J connectivity index is 1.47. The normalized spacial score (nSPS) is 13.1. The van der Waals surface area contributed by atoms with Crippen LogP contribution in [-0.2, 0) is 11.2 Å². The van der Waals surface area contributed by atoms with Gasteiger partial charge in [-0.1, -0.05) is 42.5 Å². The quantitative estimate of drug-likeness (QED) is 0.828. The maximum atomic E-state index is 12.2. The predicted molar refractivity (Wildman–Crippen MR) is 89.6 cm³/mol. The van der Waals surface area contributed by atoms with Crippen molar-refractivity contribution in [2.24, 2.45) is 0 Å². The summed E-state index contributed by atoms with van der Waals surface area (Å²) in [4.78, 5) is 37.4. The third-order valence-electron chi connectivity index (χ3n) is 4.02. The van der Waals surface area contributed by atoms with Crippen molar-refractivity contribution in [3.05, 3.63) is 71.3 Å². The van der Waals surface area contributed by atoms with E-state index < -0.39 is 0 Å². The molecule has 1 aliphatic heterocycles. The molecular formula is C19H18N2O3. The minimum Gasteiger partial charge on any atom is -0.356 e. The largest absolute Gasteiger partial charge is 0.356 e. The van der Waals surface area contributed by atoms with Gasteiger partial charge in [0.1, 0.15) is 0 Å². The van der Waals surface area contributed by atoms with E-state index in [-0.39, 0.29) is 30.7 Å². The zero-order valence-corrected chi connectivity index (χ0v) is 13.2. The number of hydrogen-bond donors (Lipinski definition) is 1. The number of nitrogens with one attached hydrogen (secondary N) is 1. The van der Waals surface area contributed by atoms with Gasteiger partial charge in [0.2, 0.25) is 5.91 Å². The lowest BCUT2D eigenvalue weighted by Gasteiger charge is -2.13. The third-order valence-corrected chi connectivity index (χ3v) is 4.02. The van der Waals surface area contributed by atoms with Gasteiger partial charge >= 0.3 is 0 Å². The fourth-order valence-corrected chi connectivity index (χ4v) is 2.73. The first-order chi connectivity index (χ1) is 11.7. The summed E-state index contributed by atoms with van der Waals surface area (Å²) in [7, 11) is 0. The summed E-state index contributed by atoms with van der Waals surface area (Å²) in [5, 5.41) is 2.82. The molecule has 3 amide bonds. The molecule has 0 fully saturated rings. The number of fused-ring (bicyclic) bond motifs is 1. The van der Waals surface area contributed by atoms with E-state index >= 15 is 0 Å². The molecule has 3 rings (SSSR count). The van der Waals surface area contributed by atoms with Crippen LogP contribution in [0.4, 0.5) is 0 Å². The molecule has 0 unspecified atom stereocenters. The molecule has 1 aliphatic rings. The van der Waals surface area contributed by atoms with E-state index in [1.807, 2.05) is 30.3 Å². The summed E-state index contributed by atoms with van der Waals surface area (Å²) in [5.41, 5.74) is 1.97. The second-order valence-corrected chi connectivity index (χ2v) is 5.64. The number of carbonyl (C=O) groups excluding carboxylic acids is 3. The Kier molecular flexibility index (Phi) is 4.70. The van der Waals surface area contributed by atoms with Gasteiger partial charge in [-0.2, -0.15) is 0 Å². The van der Waals surface area contributed by atoms with Crippen molar-refractivity contribution >= 4 is 17.7 Å². The van der Waals surface area contributed by atoms with Crippen molar-refractivity contribution in [1.82, 2.24) is 10.2 Å². The highest BCUT2D eigenvalue weighted by Crippen LogP contribution is 2.22. The van der Waals surface area contributed by atoms with E-state index in [9.17, 15) is 14.4 Å². The molecule has 1 heterocycles. The molecule has 1 N–H and O–H groups in total. The minimum atomic E-state index is -0.326. The summed E-state index contributed by atoms with van der Waals surface area (Å²) in [6.07, 6.45) is 0.861. The van der Waals surface area contributed by atoms with E-state index in [1.54, 1.807) is 24.3 Å². The van der Waals surface area contributed by atoms with E-state index in [2.05, 4.69) is 5.32 Å². The number of imide groups is 1. The number of amides is 3. The van der Waals surface area contributed by atoms with Crippen molar-refractivity contribution in [3.63, 3.8) is 0 Å². The topological polar surface area (TPSA) is 66.5 Å². The molecule has 0 saturated carbocycles. The zero-order chi connectivity index (χ0) is 16.9. The van der Waals surface area contributed by atoms with Gasteiger partial charge in [0, 0.05) is 19.5 Å². The maximum absolute atomic E-state index is 12.2. The van der Waals surface area contributed by atoms with Crippen molar-refractivity contribution in [1.29, 1.82) is 0 Å². The highest BCUT2D eigenvalue weighted by Gasteiger charge is 2.34. The van der Waals surface area contributed by atoms with Gasteiger partial charge in [0.25, 0.3) is 11.8 Å². The van der Waals surface area contributed by atoms with Gasteiger partial charge < -0.3 is 5.32 Å². The fraction of sp³-hybridized carbons (Fsp3) is 0.211. The molecule has 2 aromatic rings. The molecule has 2 aromatic carbocycles. The molecule has 0 bridgehead atoms. The number of benzene rings is 2. The van der Waals surface area contributed by atoms with E-state index in [0.717, 1.165) is 16.9 Å². The predicted octanol–water partition coefficient (Wildman–Crippen LogP) is 2.03. The first-order valence-electron chi connectivity index (χ1n) is 7.92. The van der Waals surface area contributed by atoms with Crippen LogP contribution in [0.15, 0.2) is 54.6 Å². The first-order valence-corrected chi connectivity index (χ1v) is 7.92. The van der Waals surface area contributed by atoms with Crippen LogP contribution in [0.1, 0.15) is 32.7 Å². The lowest BCUT2D eigenvalue weighted by atomic mass is 10.1. The van der Waals surface area contributed by atoms with Crippen LogP contribution in [0.5, 0.6) is 0 Å². The molecule has 24 heavy (non-hydrogen) atoms. The Hall–Kier alpha value is -2.95. The molecule has 5 nitrogen and oxygen atoms in total. The van der Waals surface area contributed by atoms with Gasteiger partial charge in [-0.15, -0.1) is 0 Å². The lowest BCUT2D eigenvalue weighted by molar-refractivity contribution is -0.121. The van der Waals surface area contributed by atoms with Crippen molar-refractivity contribution in [2.75, 3.05) is 13.1 Å². The van der Waals surface area contributed by atoms with Crippen LogP contribution < -0.4 is 5.32 Å². The molecule has 0 atom stereocenters. The smallest absolute Gasteiger partial charge is 0.261 e. The lowest BCUT2D eigenvalue weighted by Crippen LogP contribution is -2.35. The Morgan fingerprint density at radius 2 is 1.46 bits per heavy atom. The maximum Gasteiger partial charge on any atom is 0.261 e. The number of carbonyl (C=O) groups is 3. The molecule has 0 aliphatic carbocycles. The SMILES string of the molecule is O=C(CCN1C(=O)c2ccccc2C1=O)NCCc1ccccc1. The van der Waals surface area contributed by atoms with Gasteiger partial charge in [-0.05, 0) is 24.1 Å². The second-order valence-electron chi connectivity index (χ2n) is 5.64. The molecule has 0 radical (unpaired) electrons. The van der Waals surface area contributed by atoms with Gasteiger partial charge in [0.05, 0.1) is 11.1 Å². The average molecular weight is 322 g/mol. The van der Waals surface area contributed by atoms with Crippen molar-refractivity contribution in [2.45, 2.75) is 12.8 Å². The number of hydrogen-bond acceptors (Lipinski definition) is 3. The van der Waals surface area contributed by atoms with Crippen LogP contribution in [0.25, 0.3) is 0 Å². The van der Waals surface area contributed by atoms with Crippen LogP contribution in [0.2, 0.25) is 0 Å². The summed E-state index contributed by atoms with van der Waals surface area (Å²) in [5.74, 6) is -0.817. The molecule has 0 aromatic heterocycles. The Bertz CT molecular complexity index is 736. The second kappa shape index (κ2) is 7.08. The number of rotatable bonds is 6. The molecule has 0 spiro atoms. The molecule has 122 valence electrons. The van der Waals surface area contributed by atoms with Crippen molar-refractivity contribution < 1.29 is 14.4 Å². The van der Waals surface area contributed by atoms with Crippen LogP contribution in [0.3, 0.4) is 0 Å². The van der Waals surface area contributed by atoms with E-state index in [1.165, 1.54) is 0 Å². The van der Waals surface area contributed by atoms with Crippen LogP contribution in [-0.4, -0.2) is 35.7 Å². The Labute approximate surface area is 140 Å². The zero-order valence-electron chi connectivity index (χ0n) is 13.2. The first kappa shape index (κ1) is 15.9. The Morgan fingerprint density at radius 1 is 0.875 bits per heavy atom. The highest BCUT2D eigenvalue weighted by molar-refractivity contribution is 6.21.